The second-order valence-corrected chi connectivity index (χ2v) is 5.16. The van der Waals surface area contributed by atoms with Crippen LogP contribution in [0.2, 0.25) is 0 Å². The van der Waals surface area contributed by atoms with E-state index in [2.05, 4.69) is 15.4 Å². The lowest BCUT2D eigenvalue weighted by Gasteiger charge is -2.16. The number of hydrogen-bond donors (Lipinski definition) is 1. The Hall–Kier alpha value is -3.15. The smallest absolute Gasteiger partial charge is 0.321 e. The summed E-state index contributed by atoms with van der Waals surface area (Å²) in [4.78, 5) is 17.7. The van der Waals surface area contributed by atoms with Crippen LogP contribution in [0.4, 0.5) is 10.5 Å². The molecule has 0 saturated carbocycles. The predicted octanol–water partition coefficient (Wildman–Crippen LogP) is 2.93. The molecule has 3 aromatic rings. The summed E-state index contributed by atoms with van der Waals surface area (Å²) in [5.74, 6) is 0. The summed E-state index contributed by atoms with van der Waals surface area (Å²) in [5, 5.41) is 7.13. The van der Waals surface area contributed by atoms with Gasteiger partial charge in [-0.15, -0.1) is 0 Å². The summed E-state index contributed by atoms with van der Waals surface area (Å²) in [6, 6.07) is 13.2. The van der Waals surface area contributed by atoms with Crippen LogP contribution >= 0.6 is 0 Å². The van der Waals surface area contributed by atoms with Crippen molar-refractivity contribution in [3.63, 3.8) is 0 Å². The minimum atomic E-state index is -0.189. The molecular weight excluding hydrogens is 290 g/mol. The Labute approximate surface area is 134 Å². The predicted molar refractivity (Wildman–Crippen MR) is 88.3 cm³/mol. The van der Waals surface area contributed by atoms with Crippen molar-refractivity contribution in [2.75, 3.05) is 12.4 Å². The van der Waals surface area contributed by atoms with Gasteiger partial charge in [-0.05, 0) is 24.3 Å². The van der Waals surface area contributed by atoms with Gasteiger partial charge in [0.1, 0.15) is 0 Å². The molecular formula is C17H17N5O. The Balaban J connectivity index is 1.63. The van der Waals surface area contributed by atoms with Gasteiger partial charge in [0.25, 0.3) is 0 Å². The molecule has 0 aliphatic rings. The van der Waals surface area contributed by atoms with Gasteiger partial charge in [0.15, 0.2) is 0 Å². The molecule has 23 heavy (non-hydrogen) atoms. The van der Waals surface area contributed by atoms with E-state index >= 15 is 0 Å². The van der Waals surface area contributed by atoms with Gasteiger partial charge in [-0.2, -0.15) is 5.10 Å². The van der Waals surface area contributed by atoms with Gasteiger partial charge in [-0.3, -0.25) is 4.98 Å². The first-order chi connectivity index (χ1) is 11.2. The number of para-hydroxylation sites is 1. The molecule has 0 fully saturated rings. The third kappa shape index (κ3) is 3.74. The maximum atomic E-state index is 12.2. The van der Waals surface area contributed by atoms with E-state index in [1.54, 1.807) is 47.4 Å². The zero-order chi connectivity index (χ0) is 16.1. The van der Waals surface area contributed by atoms with Crippen LogP contribution in [0, 0.1) is 0 Å². The molecule has 0 bridgehead atoms. The van der Waals surface area contributed by atoms with E-state index in [0.717, 1.165) is 11.3 Å². The van der Waals surface area contributed by atoms with E-state index in [1.807, 2.05) is 36.5 Å². The number of nitrogens with zero attached hydrogens (tertiary/aromatic N) is 4. The molecule has 2 heterocycles. The Bertz CT molecular complexity index is 770. The van der Waals surface area contributed by atoms with Crippen molar-refractivity contribution in [2.45, 2.75) is 6.54 Å². The van der Waals surface area contributed by atoms with E-state index < -0.39 is 0 Å². The van der Waals surface area contributed by atoms with E-state index in [1.165, 1.54) is 0 Å². The van der Waals surface area contributed by atoms with Crippen molar-refractivity contribution in [1.82, 2.24) is 19.7 Å². The topological polar surface area (TPSA) is 63.1 Å². The maximum absolute atomic E-state index is 12.2. The van der Waals surface area contributed by atoms with Crippen molar-refractivity contribution in [2.24, 2.45) is 0 Å². The number of nitrogens with one attached hydrogen (secondary N) is 1. The highest BCUT2D eigenvalue weighted by molar-refractivity contribution is 5.88. The highest BCUT2D eigenvalue weighted by atomic mass is 16.2. The zero-order valence-corrected chi connectivity index (χ0v) is 12.8. The number of rotatable bonds is 4. The van der Waals surface area contributed by atoms with Gasteiger partial charge in [0.2, 0.25) is 0 Å². The van der Waals surface area contributed by atoms with Crippen molar-refractivity contribution in [3.05, 3.63) is 72.8 Å². The quantitative estimate of drug-likeness (QED) is 0.806. The fourth-order valence-corrected chi connectivity index (χ4v) is 2.16. The van der Waals surface area contributed by atoms with E-state index in [4.69, 9.17) is 0 Å². The van der Waals surface area contributed by atoms with Crippen LogP contribution in [0.1, 0.15) is 5.56 Å². The van der Waals surface area contributed by atoms with Gasteiger partial charge >= 0.3 is 6.03 Å². The van der Waals surface area contributed by atoms with Crippen LogP contribution in [0.15, 0.2) is 67.3 Å². The van der Waals surface area contributed by atoms with Gasteiger partial charge in [-0.25, -0.2) is 9.48 Å². The number of pyridine rings is 1. The Kier molecular flexibility index (Phi) is 4.33. The lowest BCUT2D eigenvalue weighted by Crippen LogP contribution is -2.30. The molecule has 1 N–H and O–H groups in total. The molecule has 0 saturated heterocycles. The number of carbonyl (C=O) groups excluding carboxylic acids is 1. The van der Waals surface area contributed by atoms with Gasteiger partial charge < -0.3 is 10.2 Å². The highest BCUT2D eigenvalue weighted by Gasteiger charge is 2.11. The fourth-order valence-electron chi connectivity index (χ4n) is 2.16. The third-order valence-corrected chi connectivity index (χ3v) is 3.34. The first kappa shape index (κ1) is 14.8. The van der Waals surface area contributed by atoms with E-state index in [9.17, 15) is 4.79 Å². The number of urea groups is 1. The van der Waals surface area contributed by atoms with Crippen LogP contribution in [-0.4, -0.2) is 32.7 Å². The normalized spacial score (nSPS) is 10.3. The molecule has 2 aromatic heterocycles. The summed E-state index contributed by atoms with van der Waals surface area (Å²) in [5.41, 5.74) is 2.61. The summed E-state index contributed by atoms with van der Waals surface area (Å²) in [6.07, 6.45) is 6.96. The second-order valence-electron chi connectivity index (χ2n) is 5.16. The number of anilines is 1. The third-order valence-electron chi connectivity index (χ3n) is 3.34. The van der Waals surface area contributed by atoms with E-state index in [0.29, 0.717) is 12.2 Å². The molecule has 0 unspecified atom stereocenters. The Morgan fingerprint density at radius 1 is 1.17 bits per heavy atom. The summed E-state index contributed by atoms with van der Waals surface area (Å²) in [6.45, 7) is 0.471. The Morgan fingerprint density at radius 2 is 2.00 bits per heavy atom. The number of benzene rings is 1. The van der Waals surface area contributed by atoms with Crippen LogP contribution in [-0.2, 0) is 6.54 Å². The number of aromatic nitrogens is 3. The molecule has 0 spiro atoms. The van der Waals surface area contributed by atoms with Crippen molar-refractivity contribution in [3.8, 4) is 5.69 Å². The van der Waals surface area contributed by atoms with Crippen LogP contribution in [0.3, 0.4) is 0 Å². The monoisotopic (exact) mass is 307 g/mol. The molecule has 0 atom stereocenters. The molecule has 6 heteroatoms. The van der Waals surface area contributed by atoms with Crippen molar-refractivity contribution < 1.29 is 4.79 Å². The minimum absolute atomic E-state index is 0.189. The number of hydrogen-bond acceptors (Lipinski definition) is 3. The average Bonchev–Trinajstić information content (AvgIpc) is 3.05. The zero-order valence-electron chi connectivity index (χ0n) is 12.8. The standard InChI is InChI=1S/C17H17N5O/c1-21(17(23)20-15-6-5-9-18-11-15)12-14-10-19-22(13-14)16-7-3-2-4-8-16/h2-11,13H,12H2,1H3,(H,20,23). The summed E-state index contributed by atoms with van der Waals surface area (Å²) < 4.78 is 1.79. The number of carbonyl (C=O) groups is 1. The maximum Gasteiger partial charge on any atom is 0.321 e. The minimum Gasteiger partial charge on any atom is -0.323 e. The van der Waals surface area contributed by atoms with E-state index in [-0.39, 0.29) is 6.03 Å². The Morgan fingerprint density at radius 3 is 2.74 bits per heavy atom. The largest absolute Gasteiger partial charge is 0.323 e. The number of amides is 2. The van der Waals surface area contributed by atoms with Crippen LogP contribution in [0.5, 0.6) is 0 Å². The lowest BCUT2D eigenvalue weighted by atomic mass is 10.3. The molecule has 0 aliphatic heterocycles. The molecule has 116 valence electrons. The molecule has 0 aliphatic carbocycles. The average molecular weight is 307 g/mol. The SMILES string of the molecule is CN(Cc1cnn(-c2ccccc2)c1)C(=O)Nc1cccnc1. The van der Waals surface area contributed by atoms with Crippen LogP contribution in [0.25, 0.3) is 5.69 Å². The van der Waals surface area contributed by atoms with Crippen molar-refractivity contribution >= 4 is 11.7 Å². The van der Waals surface area contributed by atoms with Gasteiger partial charge in [-0.1, -0.05) is 18.2 Å². The molecule has 1 aromatic carbocycles. The van der Waals surface area contributed by atoms with Gasteiger partial charge in [0, 0.05) is 25.0 Å². The second kappa shape index (κ2) is 6.74. The molecule has 6 nitrogen and oxygen atoms in total. The van der Waals surface area contributed by atoms with Crippen molar-refractivity contribution in [1.29, 1.82) is 0 Å². The fraction of sp³-hybridized carbons (Fsp3) is 0.118. The molecule has 0 radical (unpaired) electrons. The summed E-state index contributed by atoms with van der Waals surface area (Å²) in [7, 11) is 1.74. The van der Waals surface area contributed by atoms with Crippen LogP contribution < -0.4 is 5.32 Å². The first-order valence-electron chi connectivity index (χ1n) is 7.23. The summed E-state index contributed by atoms with van der Waals surface area (Å²) >= 11 is 0. The highest BCUT2D eigenvalue weighted by Crippen LogP contribution is 2.10. The first-order valence-corrected chi connectivity index (χ1v) is 7.23. The molecule has 3 rings (SSSR count). The molecule has 2 amide bonds. The lowest BCUT2D eigenvalue weighted by molar-refractivity contribution is 0.220. The van der Waals surface area contributed by atoms with Gasteiger partial charge in [0.05, 0.1) is 30.3 Å².